The summed E-state index contributed by atoms with van der Waals surface area (Å²) >= 11 is 0. The van der Waals surface area contributed by atoms with E-state index in [2.05, 4.69) is 12.2 Å². The van der Waals surface area contributed by atoms with Gasteiger partial charge >= 0.3 is 0 Å². The molecule has 2 atom stereocenters. The predicted molar refractivity (Wildman–Crippen MR) is 85.7 cm³/mol. The fourth-order valence-corrected chi connectivity index (χ4v) is 4.77. The zero-order valence-corrected chi connectivity index (χ0v) is 14.0. The molecular formula is C16H26N2O2S. The summed E-state index contributed by atoms with van der Waals surface area (Å²) in [6, 6.07) is 7.60. The van der Waals surface area contributed by atoms with E-state index in [1.54, 1.807) is 16.4 Å². The van der Waals surface area contributed by atoms with Gasteiger partial charge in [0, 0.05) is 18.6 Å². The van der Waals surface area contributed by atoms with Gasteiger partial charge in [-0.25, -0.2) is 8.42 Å². The number of benzene rings is 1. The lowest BCUT2D eigenvalue weighted by Gasteiger charge is -2.34. The molecule has 1 aromatic rings. The van der Waals surface area contributed by atoms with Gasteiger partial charge in [0.2, 0.25) is 10.0 Å². The maximum absolute atomic E-state index is 12.9. The molecule has 0 aliphatic carbocycles. The first-order chi connectivity index (χ1) is 10.0. The zero-order chi connectivity index (χ0) is 15.5. The Bertz CT molecular complexity index is 571. The molecule has 2 unspecified atom stereocenters. The normalized spacial score (nSPS) is 22.1. The third kappa shape index (κ3) is 3.47. The largest absolute Gasteiger partial charge is 0.313 e. The van der Waals surface area contributed by atoms with Crippen molar-refractivity contribution in [1.82, 2.24) is 9.62 Å². The van der Waals surface area contributed by atoms with E-state index < -0.39 is 10.0 Å². The fraction of sp³-hybridized carbons (Fsp3) is 0.625. The van der Waals surface area contributed by atoms with E-state index in [0.717, 1.165) is 31.2 Å². The average Bonchev–Trinajstić information content (AvgIpc) is 2.54. The summed E-state index contributed by atoms with van der Waals surface area (Å²) in [5.41, 5.74) is 1.00. The van der Waals surface area contributed by atoms with Crippen LogP contribution in [-0.4, -0.2) is 32.4 Å². The monoisotopic (exact) mass is 310 g/mol. The minimum atomic E-state index is -3.38. The van der Waals surface area contributed by atoms with Gasteiger partial charge in [0.25, 0.3) is 0 Å². The summed E-state index contributed by atoms with van der Waals surface area (Å²) < 4.78 is 27.6. The maximum atomic E-state index is 12.9. The smallest absolute Gasteiger partial charge is 0.243 e. The van der Waals surface area contributed by atoms with Gasteiger partial charge in [0.1, 0.15) is 0 Å². The molecule has 1 aliphatic rings. The molecular weight excluding hydrogens is 284 g/mol. The van der Waals surface area contributed by atoms with E-state index in [-0.39, 0.29) is 12.1 Å². The van der Waals surface area contributed by atoms with Gasteiger partial charge in [-0.3, -0.25) is 0 Å². The van der Waals surface area contributed by atoms with Crippen molar-refractivity contribution < 1.29 is 8.42 Å². The molecule has 4 nitrogen and oxygen atoms in total. The Labute approximate surface area is 128 Å². The van der Waals surface area contributed by atoms with Crippen LogP contribution in [0.25, 0.3) is 0 Å². The molecule has 1 fully saturated rings. The Morgan fingerprint density at radius 1 is 1.38 bits per heavy atom. The van der Waals surface area contributed by atoms with Crippen molar-refractivity contribution in [2.24, 2.45) is 0 Å². The third-order valence-corrected chi connectivity index (χ3v) is 6.39. The molecule has 1 aromatic carbocycles. The van der Waals surface area contributed by atoms with E-state index in [0.29, 0.717) is 11.4 Å². The first-order valence-corrected chi connectivity index (χ1v) is 9.23. The fourth-order valence-electron chi connectivity index (χ4n) is 2.94. The van der Waals surface area contributed by atoms with Crippen molar-refractivity contribution in [2.75, 3.05) is 13.6 Å². The Kier molecular flexibility index (Phi) is 5.41. The summed E-state index contributed by atoms with van der Waals surface area (Å²) in [6.45, 7) is 4.74. The second-order valence-electron chi connectivity index (χ2n) is 5.76. The Morgan fingerprint density at radius 2 is 2.14 bits per heavy atom. The van der Waals surface area contributed by atoms with E-state index >= 15 is 0 Å². The standard InChI is InChI=1S/C16H26N2O2S/c1-4-15-9-5-6-11-18(15)21(19,20)16-10-7-8-14(12-16)13(2)17-3/h7-8,10,12-13,15,17H,4-6,9,11H2,1-3H3. The average molecular weight is 310 g/mol. The molecule has 0 radical (unpaired) electrons. The summed E-state index contributed by atoms with van der Waals surface area (Å²) in [6.07, 6.45) is 3.94. The molecule has 1 heterocycles. The van der Waals surface area contributed by atoms with Crippen LogP contribution in [0.4, 0.5) is 0 Å². The number of hydrogen-bond acceptors (Lipinski definition) is 3. The molecule has 0 saturated carbocycles. The minimum Gasteiger partial charge on any atom is -0.313 e. The van der Waals surface area contributed by atoms with Gasteiger partial charge in [0.05, 0.1) is 4.90 Å². The van der Waals surface area contributed by atoms with Crippen molar-refractivity contribution >= 4 is 10.0 Å². The molecule has 0 spiro atoms. The molecule has 0 aromatic heterocycles. The van der Waals surface area contributed by atoms with Crippen molar-refractivity contribution in [1.29, 1.82) is 0 Å². The summed E-state index contributed by atoms with van der Waals surface area (Å²) in [4.78, 5) is 0.419. The highest BCUT2D eigenvalue weighted by atomic mass is 32.2. The number of sulfonamides is 1. The summed E-state index contributed by atoms with van der Waals surface area (Å²) in [5.74, 6) is 0. The Hall–Kier alpha value is -0.910. The first-order valence-electron chi connectivity index (χ1n) is 7.79. The van der Waals surface area contributed by atoms with E-state index in [1.165, 1.54) is 0 Å². The lowest BCUT2D eigenvalue weighted by atomic mass is 10.0. The van der Waals surface area contributed by atoms with Gasteiger partial charge in [-0.1, -0.05) is 25.5 Å². The summed E-state index contributed by atoms with van der Waals surface area (Å²) in [5, 5.41) is 3.15. The number of nitrogens with zero attached hydrogens (tertiary/aromatic N) is 1. The molecule has 1 saturated heterocycles. The zero-order valence-electron chi connectivity index (χ0n) is 13.2. The molecule has 1 N–H and O–H groups in total. The van der Waals surface area contributed by atoms with Crippen LogP contribution in [0.2, 0.25) is 0 Å². The topological polar surface area (TPSA) is 49.4 Å². The highest BCUT2D eigenvalue weighted by Gasteiger charge is 2.32. The van der Waals surface area contributed by atoms with Crippen molar-refractivity contribution in [3.05, 3.63) is 29.8 Å². The Morgan fingerprint density at radius 3 is 2.81 bits per heavy atom. The molecule has 118 valence electrons. The number of hydrogen-bond donors (Lipinski definition) is 1. The molecule has 0 amide bonds. The quantitative estimate of drug-likeness (QED) is 0.909. The van der Waals surface area contributed by atoms with Gasteiger partial charge in [-0.15, -0.1) is 0 Å². The van der Waals surface area contributed by atoms with E-state index in [1.807, 2.05) is 26.1 Å². The number of nitrogens with one attached hydrogen (secondary N) is 1. The molecule has 2 rings (SSSR count). The van der Waals surface area contributed by atoms with Crippen LogP contribution < -0.4 is 5.32 Å². The first kappa shape index (κ1) is 16.5. The molecule has 21 heavy (non-hydrogen) atoms. The van der Waals surface area contributed by atoms with Gasteiger partial charge in [-0.2, -0.15) is 4.31 Å². The van der Waals surface area contributed by atoms with E-state index in [4.69, 9.17) is 0 Å². The second kappa shape index (κ2) is 6.90. The van der Waals surface area contributed by atoms with Gasteiger partial charge in [-0.05, 0) is 50.9 Å². The Balaban J connectivity index is 2.34. The van der Waals surface area contributed by atoms with Crippen LogP contribution in [0, 0.1) is 0 Å². The highest BCUT2D eigenvalue weighted by molar-refractivity contribution is 7.89. The number of piperidine rings is 1. The van der Waals surface area contributed by atoms with Crippen LogP contribution in [0.5, 0.6) is 0 Å². The summed E-state index contributed by atoms with van der Waals surface area (Å²) in [7, 11) is -1.50. The lowest BCUT2D eigenvalue weighted by molar-refractivity contribution is 0.246. The second-order valence-corrected chi connectivity index (χ2v) is 7.65. The van der Waals surface area contributed by atoms with Gasteiger partial charge in [0.15, 0.2) is 0 Å². The van der Waals surface area contributed by atoms with Crippen molar-refractivity contribution in [3.8, 4) is 0 Å². The lowest BCUT2D eigenvalue weighted by Crippen LogP contribution is -2.43. The maximum Gasteiger partial charge on any atom is 0.243 e. The minimum absolute atomic E-state index is 0.142. The van der Waals surface area contributed by atoms with Crippen LogP contribution in [-0.2, 0) is 10.0 Å². The third-order valence-electron chi connectivity index (χ3n) is 4.44. The van der Waals surface area contributed by atoms with Crippen LogP contribution >= 0.6 is 0 Å². The molecule has 1 aliphatic heterocycles. The molecule has 5 heteroatoms. The SMILES string of the molecule is CCC1CCCCN1S(=O)(=O)c1cccc(C(C)NC)c1. The van der Waals surface area contributed by atoms with Crippen LogP contribution in [0.1, 0.15) is 51.1 Å². The predicted octanol–water partition coefficient (Wildman–Crippen LogP) is 2.92. The highest BCUT2D eigenvalue weighted by Crippen LogP contribution is 2.28. The van der Waals surface area contributed by atoms with Crippen molar-refractivity contribution in [3.63, 3.8) is 0 Å². The van der Waals surface area contributed by atoms with Crippen LogP contribution in [0.3, 0.4) is 0 Å². The van der Waals surface area contributed by atoms with Crippen LogP contribution in [0.15, 0.2) is 29.2 Å². The molecule has 0 bridgehead atoms. The van der Waals surface area contributed by atoms with Crippen molar-refractivity contribution in [2.45, 2.75) is 56.5 Å². The van der Waals surface area contributed by atoms with Gasteiger partial charge < -0.3 is 5.32 Å². The number of rotatable bonds is 5. The van der Waals surface area contributed by atoms with E-state index in [9.17, 15) is 8.42 Å².